The lowest BCUT2D eigenvalue weighted by atomic mass is 9.93. The Labute approximate surface area is 113 Å². The molecule has 1 aliphatic rings. The van der Waals surface area contributed by atoms with Gasteiger partial charge in [-0.1, -0.05) is 6.07 Å². The molecule has 0 radical (unpaired) electrons. The maximum atomic E-state index is 11.2. The highest BCUT2D eigenvalue weighted by Gasteiger charge is 2.22. The van der Waals surface area contributed by atoms with E-state index < -0.39 is 0 Å². The fourth-order valence-electron chi connectivity index (χ4n) is 2.42. The average Bonchev–Trinajstić information content (AvgIpc) is 2.48. The number of ether oxygens (including phenoxy) is 1. The first-order valence-corrected chi connectivity index (χ1v) is 6.61. The standard InChI is InChI=1S/C14H20N2O3/c1-19-14(18)9-11-5-7-16(8-6-11)13-4-2-3-12(10-17)15-13/h2-4,11,17H,5-10H2,1H3. The van der Waals surface area contributed by atoms with E-state index in [1.54, 1.807) is 0 Å². The van der Waals surface area contributed by atoms with Crippen molar-refractivity contribution < 1.29 is 14.6 Å². The Balaban J connectivity index is 1.90. The predicted molar refractivity (Wildman–Crippen MR) is 71.7 cm³/mol. The first-order valence-electron chi connectivity index (χ1n) is 6.61. The van der Waals surface area contributed by atoms with Crippen LogP contribution in [-0.4, -0.2) is 36.3 Å². The molecule has 0 bridgehead atoms. The maximum Gasteiger partial charge on any atom is 0.305 e. The van der Waals surface area contributed by atoms with E-state index in [-0.39, 0.29) is 12.6 Å². The summed E-state index contributed by atoms with van der Waals surface area (Å²) in [6.07, 6.45) is 2.45. The quantitative estimate of drug-likeness (QED) is 0.832. The van der Waals surface area contributed by atoms with Crippen LogP contribution in [0.25, 0.3) is 0 Å². The lowest BCUT2D eigenvalue weighted by Crippen LogP contribution is -2.35. The zero-order valence-electron chi connectivity index (χ0n) is 11.2. The number of hydrogen-bond acceptors (Lipinski definition) is 5. The second kappa shape index (κ2) is 6.52. The molecule has 1 aliphatic heterocycles. The molecule has 0 saturated carbocycles. The normalized spacial score (nSPS) is 16.4. The highest BCUT2D eigenvalue weighted by molar-refractivity contribution is 5.69. The van der Waals surface area contributed by atoms with Gasteiger partial charge in [-0.3, -0.25) is 4.79 Å². The van der Waals surface area contributed by atoms with Crippen molar-refractivity contribution in [1.82, 2.24) is 4.98 Å². The lowest BCUT2D eigenvalue weighted by molar-refractivity contribution is -0.141. The van der Waals surface area contributed by atoms with Crippen molar-refractivity contribution in [3.63, 3.8) is 0 Å². The van der Waals surface area contributed by atoms with Crippen LogP contribution >= 0.6 is 0 Å². The zero-order valence-corrected chi connectivity index (χ0v) is 11.2. The van der Waals surface area contributed by atoms with Gasteiger partial charge in [0.2, 0.25) is 0 Å². The number of pyridine rings is 1. The van der Waals surface area contributed by atoms with Crippen LogP contribution in [0.2, 0.25) is 0 Å². The fourth-order valence-corrected chi connectivity index (χ4v) is 2.42. The van der Waals surface area contributed by atoms with Crippen molar-refractivity contribution in [2.45, 2.75) is 25.9 Å². The minimum absolute atomic E-state index is 0.0351. The first-order chi connectivity index (χ1) is 9.22. The number of carbonyl (C=O) groups is 1. The van der Waals surface area contributed by atoms with E-state index in [0.717, 1.165) is 31.7 Å². The molecule has 2 heterocycles. The largest absolute Gasteiger partial charge is 0.469 e. The topological polar surface area (TPSA) is 62.7 Å². The summed E-state index contributed by atoms with van der Waals surface area (Å²) in [6.45, 7) is 1.75. The summed E-state index contributed by atoms with van der Waals surface area (Å²) in [7, 11) is 1.43. The molecule has 104 valence electrons. The van der Waals surface area contributed by atoms with Crippen LogP contribution in [0.1, 0.15) is 25.0 Å². The smallest absolute Gasteiger partial charge is 0.305 e. The Hall–Kier alpha value is -1.62. The Bertz CT molecular complexity index is 428. The van der Waals surface area contributed by atoms with Gasteiger partial charge in [-0.05, 0) is 30.9 Å². The number of anilines is 1. The highest BCUT2D eigenvalue weighted by Crippen LogP contribution is 2.24. The van der Waals surface area contributed by atoms with Gasteiger partial charge in [-0.2, -0.15) is 0 Å². The Morgan fingerprint density at radius 2 is 2.21 bits per heavy atom. The van der Waals surface area contributed by atoms with Gasteiger partial charge in [-0.25, -0.2) is 4.98 Å². The summed E-state index contributed by atoms with van der Waals surface area (Å²) in [5.74, 6) is 1.19. The maximum absolute atomic E-state index is 11.2. The molecular formula is C14H20N2O3. The molecule has 0 aromatic carbocycles. The van der Waals surface area contributed by atoms with E-state index in [1.807, 2.05) is 18.2 Å². The molecule has 1 saturated heterocycles. The van der Waals surface area contributed by atoms with E-state index in [9.17, 15) is 4.79 Å². The van der Waals surface area contributed by atoms with Crippen molar-refractivity contribution in [3.8, 4) is 0 Å². The molecule has 1 fully saturated rings. The fraction of sp³-hybridized carbons (Fsp3) is 0.571. The van der Waals surface area contributed by atoms with Gasteiger partial charge >= 0.3 is 5.97 Å². The molecule has 19 heavy (non-hydrogen) atoms. The highest BCUT2D eigenvalue weighted by atomic mass is 16.5. The number of aliphatic hydroxyl groups is 1. The molecule has 0 aliphatic carbocycles. The van der Waals surface area contributed by atoms with Crippen LogP contribution in [0.5, 0.6) is 0 Å². The minimum Gasteiger partial charge on any atom is -0.469 e. The van der Waals surface area contributed by atoms with Gasteiger partial charge in [0.15, 0.2) is 0 Å². The molecule has 0 spiro atoms. The Morgan fingerprint density at radius 1 is 1.47 bits per heavy atom. The molecule has 0 atom stereocenters. The van der Waals surface area contributed by atoms with Crippen LogP contribution < -0.4 is 4.90 Å². The molecular weight excluding hydrogens is 244 g/mol. The van der Waals surface area contributed by atoms with Gasteiger partial charge in [-0.15, -0.1) is 0 Å². The van der Waals surface area contributed by atoms with Crippen molar-refractivity contribution in [1.29, 1.82) is 0 Å². The van der Waals surface area contributed by atoms with Crippen molar-refractivity contribution in [2.75, 3.05) is 25.1 Å². The van der Waals surface area contributed by atoms with Crippen molar-refractivity contribution in [2.24, 2.45) is 5.92 Å². The molecule has 1 aromatic rings. The third kappa shape index (κ3) is 3.67. The van der Waals surface area contributed by atoms with Crippen molar-refractivity contribution >= 4 is 11.8 Å². The number of rotatable bonds is 4. The third-order valence-corrected chi connectivity index (χ3v) is 3.58. The number of piperidine rings is 1. The molecule has 1 N–H and O–H groups in total. The Morgan fingerprint density at radius 3 is 2.84 bits per heavy atom. The summed E-state index contributed by atoms with van der Waals surface area (Å²) in [6, 6.07) is 5.68. The second-order valence-corrected chi connectivity index (χ2v) is 4.86. The zero-order chi connectivity index (χ0) is 13.7. The van der Waals surface area contributed by atoms with Crippen molar-refractivity contribution in [3.05, 3.63) is 23.9 Å². The number of carbonyl (C=O) groups excluding carboxylic acids is 1. The van der Waals surface area contributed by atoms with E-state index in [2.05, 4.69) is 9.88 Å². The minimum atomic E-state index is -0.126. The second-order valence-electron chi connectivity index (χ2n) is 4.86. The summed E-state index contributed by atoms with van der Waals surface area (Å²) < 4.78 is 4.70. The molecule has 5 nitrogen and oxygen atoms in total. The predicted octanol–water partition coefficient (Wildman–Crippen LogP) is 1.35. The average molecular weight is 264 g/mol. The van der Waals surface area contributed by atoms with Crippen LogP contribution in [-0.2, 0) is 16.1 Å². The molecule has 2 rings (SSSR count). The lowest BCUT2D eigenvalue weighted by Gasteiger charge is -2.32. The summed E-state index contributed by atoms with van der Waals surface area (Å²) in [5, 5.41) is 9.10. The van der Waals surface area contributed by atoms with Gasteiger partial charge in [0.25, 0.3) is 0 Å². The number of aromatic nitrogens is 1. The van der Waals surface area contributed by atoms with E-state index >= 15 is 0 Å². The molecule has 1 aromatic heterocycles. The third-order valence-electron chi connectivity index (χ3n) is 3.58. The van der Waals surface area contributed by atoms with E-state index in [0.29, 0.717) is 18.0 Å². The van der Waals surface area contributed by atoms with Gasteiger partial charge in [0.05, 0.1) is 19.4 Å². The van der Waals surface area contributed by atoms with Crippen LogP contribution in [0.15, 0.2) is 18.2 Å². The molecule has 0 amide bonds. The van der Waals surface area contributed by atoms with Gasteiger partial charge in [0, 0.05) is 19.5 Å². The van der Waals surface area contributed by atoms with Crippen LogP contribution in [0, 0.1) is 5.92 Å². The number of methoxy groups -OCH3 is 1. The summed E-state index contributed by atoms with van der Waals surface area (Å²) in [4.78, 5) is 17.8. The van der Waals surface area contributed by atoms with E-state index in [1.165, 1.54) is 7.11 Å². The number of hydrogen-bond donors (Lipinski definition) is 1. The number of aliphatic hydroxyl groups excluding tert-OH is 1. The first kappa shape index (κ1) is 13.8. The van der Waals surface area contributed by atoms with Crippen LogP contribution in [0.3, 0.4) is 0 Å². The molecule has 0 unspecified atom stereocenters. The van der Waals surface area contributed by atoms with Crippen LogP contribution in [0.4, 0.5) is 5.82 Å². The van der Waals surface area contributed by atoms with E-state index in [4.69, 9.17) is 9.84 Å². The Kier molecular flexibility index (Phi) is 4.74. The van der Waals surface area contributed by atoms with Gasteiger partial charge < -0.3 is 14.7 Å². The molecule has 5 heteroatoms. The summed E-state index contributed by atoms with van der Waals surface area (Å²) >= 11 is 0. The number of esters is 1. The SMILES string of the molecule is COC(=O)CC1CCN(c2cccc(CO)n2)CC1. The summed E-state index contributed by atoms with van der Waals surface area (Å²) in [5.41, 5.74) is 0.689. The number of nitrogens with zero attached hydrogens (tertiary/aromatic N) is 2. The monoisotopic (exact) mass is 264 g/mol. The van der Waals surface area contributed by atoms with Gasteiger partial charge in [0.1, 0.15) is 5.82 Å².